The zero-order valence-corrected chi connectivity index (χ0v) is 12.3. The molecule has 1 fully saturated rings. The number of hydrazine groups is 1. The molecule has 1 aromatic heterocycles. The maximum atomic E-state index is 12.2. The zero-order chi connectivity index (χ0) is 14.5. The van der Waals surface area contributed by atoms with Crippen molar-refractivity contribution in [3.8, 4) is 0 Å². The largest absolute Gasteiger partial charge is 0.349 e. The molecule has 2 heterocycles. The van der Waals surface area contributed by atoms with E-state index < -0.39 is 10.8 Å². The number of amides is 1. The fourth-order valence-corrected chi connectivity index (χ4v) is 3.48. The standard InChI is InChI=1S/C13H20N4O2S/c1-2-10-7-9(8-12(15-10)17-14)13(18)16-11-3-5-20(19)6-4-11/h7-8,11H,2-6,14H2,1H3,(H,15,17)(H,16,18). The average molecular weight is 296 g/mol. The van der Waals surface area contributed by atoms with Crippen LogP contribution in [0.5, 0.6) is 0 Å². The SMILES string of the molecule is CCc1cc(C(=O)NC2CCS(=O)CC2)cc(NN)n1. The fourth-order valence-electron chi connectivity index (χ4n) is 2.18. The van der Waals surface area contributed by atoms with E-state index in [9.17, 15) is 9.00 Å². The van der Waals surface area contributed by atoms with Crippen molar-refractivity contribution in [3.05, 3.63) is 23.4 Å². The van der Waals surface area contributed by atoms with Gasteiger partial charge in [-0.3, -0.25) is 9.00 Å². The summed E-state index contributed by atoms with van der Waals surface area (Å²) in [7, 11) is -0.718. The lowest BCUT2D eigenvalue weighted by Gasteiger charge is -2.22. The first-order chi connectivity index (χ1) is 9.62. The van der Waals surface area contributed by atoms with Crippen molar-refractivity contribution in [2.45, 2.75) is 32.2 Å². The second-order valence-electron chi connectivity index (χ2n) is 4.83. The maximum absolute atomic E-state index is 12.2. The summed E-state index contributed by atoms with van der Waals surface area (Å²) in [4.78, 5) is 16.5. The molecule has 1 aliphatic heterocycles. The minimum atomic E-state index is -0.718. The Morgan fingerprint density at radius 3 is 2.75 bits per heavy atom. The van der Waals surface area contributed by atoms with E-state index in [-0.39, 0.29) is 11.9 Å². The number of rotatable bonds is 4. The molecule has 1 saturated heterocycles. The molecule has 0 aliphatic carbocycles. The van der Waals surface area contributed by atoms with Gasteiger partial charge in [0.05, 0.1) is 0 Å². The molecule has 1 aliphatic rings. The number of aryl methyl sites for hydroxylation is 1. The van der Waals surface area contributed by atoms with E-state index in [1.807, 2.05) is 6.92 Å². The van der Waals surface area contributed by atoms with Gasteiger partial charge in [0.1, 0.15) is 5.82 Å². The zero-order valence-electron chi connectivity index (χ0n) is 11.5. The molecule has 1 amide bonds. The lowest BCUT2D eigenvalue weighted by Crippen LogP contribution is -2.39. The van der Waals surface area contributed by atoms with Crippen molar-refractivity contribution >= 4 is 22.5 Å². The molecule has 0 bridgehead atoms. The van der Waals surface area contributed by atoms with Crippen LogP contribution < -0.4 is 16.6 Å². The van der Waals surface area contributed by atoms with Crippen LogP contribution in [0.1, 0.15) is 35.8 Å². The Balaban J connectivity index is 2.06. The molecule has 4 N–H and O–H groups in total. The molecule has 0 radical (unpaired) electrons. The summed E-state index contributed by atoms with van der Waals surface area (Å²) < 4.78 is 11.3. The average Bonchev–Trinajstić information content (AvgIpc) is 2.48. The normalized spacial score (nSPS) is 22.3. The van der Waals surface area contributed by atoms with Crippen LogP contribution in [0.2, 0.25) is 0 Å². The summed E-state index contributed by atoms with van der Waals surface area (Å²) in [5.74, 6) is 7.05. The van der Waals surface area contributed by atoms with Crippen LogP contribution in [0.25, 0.3) is 0 Å². The third kappa shape index (κ3) is 3.77. The first kappa shape index (κ1) is 14.9. The monoisotopic (exact) mass is 296 g/mol. The Morgan fingerprint density at radius 2 is 2.15 bits per heavy atom. The van der Waals surface area contributed by atoms with E-state index >= 15 is 0 Å². The number of nitrogens with two attached hydrogens (primary N) is 1. The Kier molecular flexibility index (Phi) is 5.08. The number of aromatic nitrogens is 1. The number of pyridine rings is 1. The predicted octanol–water partition coefficient (Wildman–Crippen LogP) is 0.571. The molecule has 0 spiro atoms. The van der Waals surface area contributed by atoms with Crippen LogP contribution in [0, 0.1) is 0 Å². The summed E-state index contributed by atoms with van der Waals surface area (Å²) >= 11 is 0. The third-order valence-corrected chi connectivity index (χ3v) is 4.76. The predicted molar refractivity (Wildman–Crippen MR) is 79.8 cm³/mol. The number of hydrogen-bond acceptors (Lipinski definition) is 5. The molecule has 20 heavy (non-hydrogen) atoms. The smallest absolute Gasteiger partial charge is 0.251 e. The quantitative estimate of drug-likeness (QED) is 0.557. The highest BCUT2D eigenvalue weighted by atomic mass is 32.2. The first-order valence-corrected chi connectivity index (χ1v) is 8.24. The van der Waals surface area contributed by atoms with Crippen LogP contribution in [0.4, 0.5) is 5.82 Å². The number of nitrogen functional groups attached to an aromatic ring is 1. The molecular formula is C13H20N4O2S. The minimum absolute atomic E-state index is 0.104. The van der Waals surface area contributed by atoms with Crippen LogP contribution in [-0.2, 0) is 17.2 Å². The molecule has 0 aromatic carbocycles. The van der Waals surface area contributed by atoms with E-state index in [4.69, 9.17) is 5.84 Å². The van der Waals surface area contributed by atoms with Gasteiger partial charge in [-0.25, -0.2) is 10.8 Å². The Labute approximate surface area is 121 Å². The number of anilines is 1. The van der Waals surface area contributed by atoms with Crippen LogP contribution in [-0.4, -0.2) is 32.6 Å². The van der Waals surface area contributed by atoms with Crippen molar-refractivity contribution in [2.24, 2.45) is 5.84 Å². The van der Waals surface area contributed by atoms with Gasteiger partial charge in [0, 0.05) is 39.6 Å². The van der Waals surface area contributed by atoms with Gasteiger partial charge in [0.25, 0.3) is 5.91 Å². The van der Waals surface area contributed by atoms with E-state index in [0.717, 1.165) is 25.0 Å². The van der Waals surface area contributed by atoms with Gasteiger partial charge in [-0.05, 0) is 31.4 Å². The van der Waals surface area contributed by atoms with E-state index in [0.29, 0.717) is 22.9 Å². The highest BCUT2D eigenvalue weighted by molar-refractivity contribution is 7.85. The lowest BCUT2D eigenvalue weighted by atomic mass is 10.1. The molecule has 7 heteroatoms. The number of nitrogens with zero attached hydrogens (tertiary/aromatic N) is 1. The Bertz CT molecular complexity index is 489. The van der Waals surface area contributed by atoms with Crippen molar-refractivity contribution in [2.75, 3.05) is 16.9 Å². The van der Waals surface area contributed by atoms with Gasteiger partial charge >= 0.3 is 0 Å². The van der Waals surface area contributed by atoms with Gasteiger partial charge < -0.3 is 10.7 Å². The van der Waals surface area contributed by atoms with Gasteiger partial charge in [0.2, 0.25) is 0 Å². The highest BCUT2D eigenvalue weighted by Crippen LogP contribution is 2.13. The topological polar surface area (TPSA) is 97.1 Å². The second kappa shape index (κ2) is 6.81. The van der Waals surface area contributed by atoms with Gasteiger partial charge in [-0.2, -0.15) is 0 Å². The van der Waals surface area contributed by atoms with E-state index in [1.165, 1.54) is 0 Å². The number of nitrogens with one attached hydrogen (secondary N) is 2. The molecule has 0 atom stereocenters. The van der Waals surface area contributed by atoms with Crippen molar-refractivity contribution in [1.29, 1.82) is 0 Å². The molecule has 2 rings (SSSR count). The van der Waals surface area contributed by atoms with E-state index in [1.54, 1.807) is 12.1 Å². The summed E-state index contributed by atoms with van der Waals surface area (Å²) in [6.07, 6.45) is 2.27. The number of carbonyl (C=O) groups excluding carboxylic acids is 1. The minimum Gasteiger partial charge on any atom is -0.349 e. The summed E-state index contributed by atoms with van der Waals surface area (Å²) in [5, 5.41) is 2.99. The molecule has 110 valence electrons. The van der Waals surface area contributed by atoms with Gasteiger partial charge in [-0.1, -0.05) is 6.92 Å². The molecule has 1 aromatic rings. The number of hydrogen-bond donors (Lipinski definition) is 3. The van der Waals surface area contributed by atoms with E-state index in [2.05, 4.69) is 15.7 Å². The van der Waals surface area contributed by atoms with Gasteiger partial charge in [-0.15, -0.1) is 0 Å². The summed E-state index contributed by atoms with van der Waals surface area (Å²) in [5.41, 5.74) is 3.84. The molecule has 0 saturated carbocycles. The van der Waals surface area contributed by atoms with Crippen molar-refractivity contribution in [1.82, 2.24) is 10.3 Å². The summed E-state index contributed by atoms with van der Waals surface area (Å²) in [6, 6.07) is 3.51. The Morgan fingerprint density at radius 1 is 1.45 bits per heavy atom. The molecule has 6 nitrogen and oxygen atoms in total. The number of carbonyl (C=O) groups is 1. The van der Waals surface area contributed by atoms with Crippen molar-refractivity contribution in [3.63, 3.8) is 0 Å². The van der Waals surface area contributed by atoms with Crippen LogP contribution >= 0.6 is 0 Å². The maximum Gasteiger partial charge on any atom is 0.251 e. The fraction of sp³-hybridized carbons (Fsp3) is 0.538. The van der Waals surface area contributed by atoms with Crippen LogP contribution in [0.15, 0.2) is 12.1 Å². The molecule has 0 unspecified atom stereocenters. The molecular weight excluding hydrogens is 276 g/mol. The van der Waals surface area contributed by atoms with Gasteiger partial charge in [0.15, 0.2) is 0 Å². The highest BCUT2D eigenvalue weighted by Gasteiger charge is 2.20. The third-order valence-electron chi connectivity index (χ3n) is 3.37. The van der Waals surface area contributed by atoms with Crippen LogP contribution in [0.3, 0.4) is 0 Å². The first-order valence-electron chi connectivity index (χ1n) is 6.75. The van der Waals surface area contributed by atoms with Crippen molar-refractivity contribution < 1.29 is 9.00 Å². The summed E-state index contributed by atoms with van der Waals surface area (Å²) in [6.45, 7) is 1.97. The Hall–Kier alpha value is -1.47. The second-order valence-corrected chi connectivity index (χ2v) is 6.52. The lowest BCUT2D eigenvalue weighted by molar-refractivity contribution is 0.0934.